The Morgan fingerprint density at radius 1 is 0.971 bits per heavy atom. The molecule has 5 rings (SSSR count). The van der Waals surface area contributed by atoms with E-state index in [-0.39, 0.29) is 5.91 Å². The summed E-state index contributed by atoms with van der Waals surface area (Å²) in [6.45, 7) is 3.25. The molecular weight excluding hydrogens is 464 g/mol. The fourth-order valence-corrected chi connectivity index (χ4v) is 5.14. The van der Waals surface area contributed by atoms with Gasteiger partial charge in [-0.25, -0.2) is 0 Å². The highest BCUT2D eigenvalue weighted by molar-refractivity contribution is 7.17. The normalized spacial score (nSPS) is 14.2. The van der Waals surface area contributed by atoms with E-state index in [1.165, 1.54) is 11.3 Å². The minimum atomic E-state index is 0.00765. The summed E-state index contributed by atoms with van der Waals surface area (Å²) in [6, 6.07) is 19.5. The summed E-state index contributed by atoms with van der Waals surface area (Å²) in [6.07, 6.45) is 0. The van der Waals surface area contributed by atoms with Crippen molar-refractivity contribution in [2.75, 3.05) is 40.4 Å². The van der Waals surface area contributed by atoms with Crippen molar-refractivity contribution >= 4 is 17.2 Å². The van der Waals surface area contributed by atoms with Gasteiger partial charge >= 0.3 is 0 Å². The first-order valence-electron chi connectivity index (χ1n) is 11.4. The van der Waals surface area contributed by atoms with Crippen LogP contribution in [0.2, 0.25) is 0 Å². The standard InChI is InChI=1S/C26H26N4O4S/c1-32-20-10-8-19(9-11-20)25-27-23(34-28-25)17-29-12-14-30(15-13-29)26(31)24-21(33-2)16-22(35-24)18-6-4-3-5-7-18/h3-11,16H,12-15,17H2,1-2H3. The van der Waals surface area contributed by atoms with Crippen LogP contribution in [0.4, 0.5) is 0 Å². The SMILES string of the molecule is COc1ccc(-c2noc(CN3CCN(C(=O)c4sc(-c5ccccc5)cc4OC)CC3)n2)cc1. The summed E-state index contributed by atoms with van der Waals surface area (Å²) in [5.74, 6) is 2.52. The van der Waals surface area contributed by atoms with Crippen LogP contribution in [0.25, 0.3) is 21.8 Å². The maximum atomic E-state index is 13.3. The van der Waals surface area contributed by atoms with Crippen molar-refractivity contribution in [2.24, 2.45) is 0 Å². The number of aromatic nitrogens is 2. The molecule has 8 nitrogen and oxygen atoms in total. The fourth-order valence-electron chi connectivity index (χ4n) is 4.04. The molecule has 1 saturated heterocycles. The number of thiophene rings is 1. The topological polar surface area (TPSA) is 80.9 Å². The smallest absolute Gasteiger partial charge is 0.267 e. The molecule has 0 radical (unpaired) electrons. The number of hydrogen-bond acceptors (Lipinski definition) is 8. The summed E-state index contributed by atoms with van der Waals surface area (Å²) in [7, 11) is 3.24. The zero-order chi connectivity index (χ0) is 24.2. The second-order valence-electron chi connectivity index (χ2n) is 8.18. The average Bonchev–Trinajstić information content (AvgIpc) is 3.57. The maximum absolute atomic E-state index is 13.3. The lowest BCUT2D eigenvalue weighted by Gasteiger charge is -2.33. The van der Waals surface area contributed by atoms with Gasteiger partial charge in [0.05, 0.1) is 20.8 Å². The summed E-state index contributed by atoms with van der Waals surface area (Å²) in [5.41, 5.74) is 1.95. The lowest BCUT2D eigenvalue weighted by molar-refractivity contribution is 0.0617. The number of methoxy groups -OCH3 is 2. The van der Waals surface area contributed by atoms with E-state index in [0.29, 0.717) is 42.0 Å². The molecule has 0 unspecified atom stereocenters. The van der Waals surface area contributed by atoms with Gasteiger partial charge < -0.3 is 18.9 Å². The third kappa shape index (κ3) is 5.06. The molecule has 3 heterocycles. The van der Waals surface area contributed by atoms with Crippen LogP contribution in [0.5, 0.6) is 11.5 Å². The van der Waals surface area contributed by atoms with Gasteiger partial charge in [-0.15, -0.1) is 11.3 Å². The van der Waals surface area contributed by atoms with Crippen molar-refractivity contribution in [3.05, 3.63) is 71.4 Å². The van der Waals surface area contributed by atoms with Gasteiger partial charge in [-0.05, 0) is 35.9 Å². The van der Waals surface area contributed by atoms with Gasteiger partial charge in [0.25, 0.3) is 5.91 Å². The lowest BCUT2D eigenvalue weighted by atomic mass is 10.2. The quantitative estimate of drug-likeness (QED) is 0.379. The second-order valence-corrected chi connectivity index (χ2v) is 9.23. The Bertz CT molecular complexity index is 1280. The highest BCUT2D eigenvalue weighted by Gasteiger charge is 2.27. The molecule has 1 amide bonds. The third-order valence-corrected chi connectivity index (χ3v) is 7.16. The van der Waals surface area contributed by atoms with E-state index in [0.717, 1.165) is 34.8 Å². The van der Waals surface area contributed by atoms with Gasteiger partial charge in [-0.1, -0.05) is 35.5 Å². The molecule has 2 aromatic carbocycles. The highest BCUT2D eigenvalue weighted by atomic mass is 32.1. The van der Waals surface area contributed by atoms with Crippen LogP contribution in [0.3, 0.4) is 0 Å². The highest BCUT2D eigenvalue weighted by Crippen LogP contribution is 2.37. The van der Waals surface area contributed by atoms with Gasteiger partial charge in [0.15, 0.2) is 0 Å². The average molecular weight is 491 g/mol. The maximum Gasteiger partial charge on any atom is 0.267 e. The predicted molar refractivity (Wildman–Crippen MR) is 134 cm³/mol. The first-order chi connectivity index (χ1) is 17.1. The number of hydrogen-bond donors (Lipinski definition) is 0. The van der Waals surface area contributed by atoms with Crippen molar-refractivity contribution in [2.45, 2.75) is 6.54 Å². The molecule has 0 bridgehead atoms. The van der Waals surface area contributed by atoms with E-state index < -0.39 is 0 Å². The van der Waals surface area contributed by atoms with Gasteiger partial charge in [-0.3, -0.25) is 9.69 Å². The zero-order valence-corrected chi connectivity index (χ0v) is 20.5. The first-order valence-corrected chi connectivity index (χ1v) is 12.2. The van der Waals surface area contributed by atoms with Crippen molar-refractivity contribution in [1.29, 1.82) is 0 Å². The molecule has 1 fully saturated rings. The number of carbonyl (C=O) groups excluding carboxylic acids is 1. The number of amides is 1. The summed E-state index contributed by atoms with van der Waals surface area (Å²) < 4.78 is 16.2. The Labute approximate surface area is 207 Å². The predicted octanol–water partition coefficient (Wildman–Crippen LogP) is 4.44. The minimum Gasteiger partial charge on any atom is -0.497 e. The van der Waals surface area contributed by atoms with E-state index in [4.69, 9.17) is 14.0 Å². The fraction of sp³-hybridized carbons (Fsp3) is 0.269. The number of rotatable bonds is 7. The number of benzene rings is 2. The van der Waals surface area contributed by atoms with Crippen LogP contribution in [0, 0.1) is 0 Å². The summed E-state index contributed by atoms with van der Waals surface area (Å²) in [4.78, 5) is 23.6. The Morgan fingerprint density at radius 2 is 1.71 bits per heavy atom. The van der Waals surface area contributed by atoms with Crippen molar-refractivity contribution in [3.8, 4) is 33.3 Å². The molecule has 180 valence electrons. The van der Waals surface area contributed by atoms with Crippen molar-refractivity contribution in [1.82, 2.24) is 19.9 Å². The Morgan fingerprint density at radius 3 is 2.40 bits per heavy atom. The molecule has 1 aliphatic rings. The molecule has 0 spiro atoms. The van der Waals surface area contributed by atoms with Gasteiger partial charge in [-0.2, -0.15) is 4.98 Å². The zero-order valence-electron chi connectivity index (χ0n) is 19.6. The molecular formula is C26H26N4O4S. The summed E-state index contributed by atoms with van der Waals surface area (Å²) in [5, 5.41) is 4.11. The van der Waals surface area contributed by atoms with E-state index in [9.17, 15) is 4.79 Å². The monoisotopic (exact) mass is 490 g/mol. The molecule has 9 heteroatoms. The van der Waals surface area contributed by atoms with Crippen molar-refractivity contribution < 1.29 is 18.8 Å². The lowest BCUT2D eigenvalue weighted by Crippen LogP contribution is -2.48. The van der Waals surface area contributed by atoms with E-state index in [1.54, 1.807) is 14.2 Å². The number of carbonyl (C=O) groups is 1. The molecule has 0 aliphatic carbocycles. The van der Waals surface area contributed by atoms with Crippen LogP contribution >= 0.6 is 11.3 Å². The second kappa shape index (κ2) is 10.3. The molecule has 0 atom stereocenters. The first kappa shape index (κ1) is 23.1. The van der Waals surface area contributed by atoms with E-state index in [1.807, 2.05) is 65.6 Å². The molecule has 35 heavy (non-hydrogen) atoms. The van der Waals surface area contributed by atoms with Crippen LogP contribution in [0.1, 0.15) is 15.6 Å². The minimum absolute atomic E-state index is 0.00765. The van der Waals surface area contributed by atoms with Gasteiger partial charge in [0.1, 0.15) is 16.4 Å². The van der Waals surface area contributed by atoms with Crippen molar-refractivity contribution in [3.63, 3.8) is 0 Å². The molecule has 2 aromatic heterocycles. The van der Waals surface area contributed by atoms with Crippen LogP contribution < -0.4 is 9.47 Å². The molecule has 1 aliphatic heterocycles. The van der Waals surface area contributed by atoms with Crippen LogP contribution in [-0.4, -0.2) is 66.2 Å². The molecule has 4 aromatic rings. The Kier molecular flexibility index (Phi) is 6.78. The van der Waals surface area contributed by atoms with E-state index >= 15 is 0 Å². The number of nitrogens with zero attached hydrogens (tertiary/aromatic N) is 4. The molecule has 0 saturated carbocycles. The van der Waals surface area contributed by atoms with Gasteiger partial charge in [0, 0.05) is 36.6 Å². The van der Waals surface area contributed by atoms with Crippen LogP contribution in [-0.2, 0) is 6.54 Å². The van der Waals surface area contributed by atoms with E-state index in [2.05, 4.69) is 15.0 Å². The number of piperazine rings is 1. The molecule has 0 N–H and O–H groups in total. The third-order valence-electron chi connectivity index (χ3n) is 6.01. The Hall–Kier alpha value is -3.69. The van der Waals surface area contributed by atoms with Crippen LogP contribution in [0.15, 0.2) is 65.2 Å². The number of ether oxygens (including phenoxy) is 2. The van der Waals surface area contributed by atoms with Gasteiger partial charge in [0.2, 0.25) is 11.7 Å². The summed E-state index contributed by atoms with van der Waals surface area (Å²) >= 11 is 1.47. The Balaban J connectivity index is 1.20. The largest absolute Gasteiger partial charge is 0.497 e.